The third kappa shape index (κ3) is 4.09. The summed E-state index contributed by atoms with van der Waals surface area (Å²) in [4.78, 5) is 15.9. The van der Waals surface area contributed by atoms with Crippen molar-refractivity contribution < 1.29 is 10.0 Å². The highest BCUT2D eigenvalue weighted by Gasteiger charge is 2.24. The van der Waals surface area contributed by atoms with Crippen molar-refractivity contribution >= 4 is 11.9 Å². The number of hydrogen-bond acceptors (Lipinski definition) is 3. The van der Waals surface area contributed by atoms with E-state index in [0.29, 0.717) is 25.4 Å². The highest BCUT2D eigenvalue weighted by atomic mass is 16.4. The first-order chi connectivity index (χ1) is 8.58. The first-order valence-corrected chi connectivity index (χ1v) is 6.58. The topological polar surface area (TPSA) is 82.2 Å². The number of nitrogens with two attached hydrogens (primary N) is 1. The molecule has 0 bridgehead atoms. The number of oxime groups is 1. The zero-order valence-electron chi connectivity index (χ0n) is 11.3. The minimum absolute atomic E-state index is 0.0646. The molecule has 1 saturated heterocycles. The summed E-state index contributed by atoms with van der Waals surface area (Å²) in [5, 5.41) is 11.4. The minimum atomic E-state index is 0.0646. The molecule has 1 rings (SSSR count). The van der Waals surface area contributed by atoms with Crippen molar-refractivity contribution in [3.05, 3.63) is 0 Å². The molecule has 1 aliphatic heterocycles. The van der Waals surface area contributed by atoms with Crippen LogP contribution in [0.15, 0.2) is 5.16 Å². The average molecular weight is 256 g/mol. The molecule has 1 aliphatic rings. The van der Waals surface area contributed by atoms with Gasteiger partial charge in [-0.15, -0.1) is 0 Å². The highest BCUT2D eigenvalue weighted by Crippen LogP contribution is 2.16. The predicted molar refractivity (Wildman–Crippen MR) is 70.6 cm³/mol. The Balaban J connectivity index is 2.50. The van der Waals surface area contributed by atoms with E-state index in [1.54, 1.807) is 4.90 Å². The Labute approximate surface area is 108 Å². The monoisotopic (exact) mass is 256 g/mol. The molecular formula is C12H24N4O2. The molecule has 18 heavy (non-hydrogen) atoms. The number of likely N-dealkylation sites (tertiary alicyclic amines) is 1. The number of carbonyl (C=O) groups excluding carboxylic acids is 1. The maximum absolute atomic E-state index is 12.3. The van der Waals surface area contributed by atoms with E-state index >= 15 is 0 Å². The van der Waals surface area contributed by atoms with Gasteiger partial charge in [0.15, 0.2) is 0 Å². The smallest absolute Gasteiger partial charge is 0.320 e. The number of carbonyl (C=O) groups is 1. The van der Waals surface area contributed by atoms with Crippen LogP contribution in [-0.2, 0) is 0 Å². The quantitative estimate of drug-likeness (QED) is 0.344. The van der Waals surface area contributed by atoms with Crippen molar-refractivity contribution in [1.29, 1.82) is 0 Å². The molecule has 1 heterocycles. The Kier molecular flexibility index (Phi) is 5.74. The maximum atomic E-state index is 12.3. The zero-order valence-corrected chi connectivity index (χ0v) is 11.3. The Morgan fingerprint density at radius 3 is 2.89 bits per heavy atom. The molecule has 0 saturated carbocycles. The van der Waals surface area contributed by atoms with Gasteiger partial charge in [-0.05, 0) is 25.7 Å². The third-order valence-electron chi connectivity index (χ3n) is 3.35. The van der Waals surface area contributed by atoms with Gasteiger partial charge in [0, 0.05) is 32.6 Å². The molecule has 0 aliphatic carbocycles. The Hall–Kier alpha value is -1.46. The van der Waals surface area contributed by atoms with Gasteiger partial charge in [-0.1, -0.05) is 12.1 Å². The van der Waals surface area contributed by atoms with Gasteiger partial charge in [-0.2, -0.15) is 0 Å². The van der Waals surface area contributed by atoms with Crippen LogP contribution in [0.4, 0.5) is 4.79 Å². The van der Waals surface area contributed by atoms with Crippen LogP contribution >= 0.6 is 0 Å². The van der Waals surface area contributed by atoms with Gasteiger partial charge >= 0.3 is 6.03 Å². The molecule has 0 spiro atoms. The van der Waals surface area contributed by atoms with Gasteiger partial charge in [0.2, 0.25) is 0 Å². The molecule has 0 aromatic rings. The van der Waals surface area contributed by atoms with E-state index in [4.69, 9.17) is 10.9 Å². The van der Waals surface area contributed by atoms with Crippen LogP contribution in [0, 0.1) is 5.92 Å². The molecule has 6 heteroatoms. The lowest BCUT2D eigenvalue weighted by Crippen LogP contribution is -2.47. The zero-order chi connectivity index (χ0) is 13.5. The standard InChI is InChI=1S/C12H24N4O2/c1-3-15(8-6-11(13)14-18)12(17)16-7-4-5-10(2)9-16/h10,18H,3-9H2,1-2H3,(H2,13,14). The minimum Gasteiger partial charge on any atom is -0.409 e. The molecule has 104 valence electrons. The molecule has 1 atom stereocenters. The van der Waals surface area contributed by atoms with Crippen LogP contribution in [0.25, 0.3) is 0 Å². The van der Waals surface area contributed by atoms with Crippen molar-refractivity contribution in [2.24, 2.45) is 16.8 Å². The third-order valence-corrected chi connectivity index (χ3v) is 3.35. The van der Waals surface area contributed by atoms with Crippen LogP contribution in [0.3, 0.4) is 0 Å². The normalized spacial score (nSPS) is 20.9. The first kappa shape index (κ1) is 14.6. The Morgan fingerprint density at radius 2 is 2.33 bits per heavy atom. The van der Waals surface area contributed by atoms with E-state index < -0.39 is 0 Å². The number of urea groups is 1. The number of amidine groups is 1. The van der Waals surface area contributed by atoms with E-state index in [1.165, 1.54) is 6.42 Å². The SMILES string of the molecule is CCN(CCC(N)=NO)C(=O)N1CCCC(C)C1. The average Bonchev–Trinajstić information content (AvgIpc) is 2.38. The van der Waals surface area contributed by atoms with Crippen molar-refractivity contribution in [3.63, 3.8) is 0 Å². The van der Waals surface area contributed by atoms with E-state index in [1.807, 2.05) is 11.8 Å². The number of rotatable bonds is 4. The molecule has 3 N–H and O–H groups in total. The van der Waals surface area contributed by atoms with E-state index in [9.17, 15) is 4.79 Å². The Morgan fingerprint density at radius 1 is 1.61 bits per heavy atom. The maximum Gasteiger partial charge on any atom is 0.320 e. The summed E-state index contributed by atoms with van der Waals surface area (Å²) >= 11 is 0. The van der Waals surface area contributed by atoms with Crippen molar-refractivity contribution in [1.82, 2.24) is 9.80 Å². The molecule has 1 unspecified atom stereocenters. The molecule has 0 aromatic carbocycles. The fourth-order valence-corrected chi connectivity index (χ4v) is 2.25. The van der Waals surface area contributed by atoms with Crippen LogP contribution in [0.5, 0.6) is 0 Å². The highest BCUT2D eigenvalue weighted by molar-refractivity contribution is 5.81. The van der Waals surface area contributed by atoms with Crippen LogP contribution in [0.2, 0.25) is 0 Å². The van der Waals surface area contributed by atoms with E-state index in [-0.39, 0.29) is 11.9 Å². The van der Waals surface area contributed by atoms with Gasteiger partial charge in [-0.25, -0.2) is 4.79 Å². The fraction of sp³-hybridized carbons (Fsp3) is 0.833. The summed E-state index contributed by atoms with van der Waals surface area (Å²) in [5.74, 6) is 0.735. The molecule has 0 radical (unpaired) electrons. The van der Waals surface area contributed by atoms with Crippen LogP contribution in [-0.4, -0.2) is 53.1 Å². The largest absolute Gasteiger partial charge is 0.409 e. The van der Waals surface area contributed by atoms with Crippen LogP contribution < -0.4 is 5.73 Å². The summed E-state index contributed by atoms with van der Waals surface area (Å²) in [6.07, 6.45) is 2.67. The summed E-state index contributed by atoms with van der Waals surface area (Å²) in [5.41, 5.74) is 5.43. The number of hydrogen-bond donors (Lipinski definition) is 2. The van der Waals surface area contributed by atoms with Crippen molar-refractivity contribution in [2.75, 3.05) is 26.2 Å². The summed E-state index contributed by atoms with van der Waals surface area (Å²) < 4.78 is 0. The second-order valence-corrected chi connectivity index (χ2v) is 4.90. The Bertz CT molecular complexity index is 306. The number of piperidine rings is 1. The number of amides is 2. The lowest BCUT2D eigenvalue weighted by atomic mass is 10.0. The second kappa shape index (κ2) is 7.08. The van der Waals surface area contributed by atoms with Gasteiger partial charge < -0.3 is 20.7 Å². The lowest BCUT2D eigenvalue weighted by Gasteiger charge is -2.35. The molecule has 1 fully saturated rings. The first-order valence-electron chi connectivity index (χ1n) is 6.58. The molecule has 6 nitrogen and oxygen atoms in total. The summed E-state index contributed by atoms with van der Waals surface area (Å²) in [7, 11) is 0. The van der Waals surface area contributed by atoms with Crippen LogP contribution in [0.1, 0.15) is 33.1 Å². The van der Waals surface area contributed by atoms with Gasteiger partial charge in [0.05, 0.1) is 0 Å². The van der Waals surface area contributed by atoms with E-state index in [0.717, 1.165) is 19.5 Å². The van der Waals surface area contributed by atoms with Crippen molar-refractivity contribution in [2.45, 2.75) is 33.1 Å². The van der Waals surface area contributed by atoms with Crippen molar-refractivity contribution in [3.8, 4) is 0 Å². The summed E-state index contributed by atoms with van der Waals surface area (Å²) in [6, 6.07) is 0.0646. The number of nitrogens with zero attached hydrogens (tertiary/aromatic N) is 3. The predicted octanol–water partition coefficient (Wildman–Crippen LogP) is 1.30. The molecule has 0 aromatic heterocycles. The summed E-state index contributed by atoms with van der Waals surface area (Å²) in [6.45, 7) is 6.92. The molecule has 2 amide bonds. The van der Waals surface area contributed by atoms with Gasteiger partial charge in [-0.3, -0.25) is 0 Å². The van der Waals surface area contributed by atoms with Gasteiger partial charge in [0.1, 0.15) is 5.84 Å². The fourth-order valence-electron chi connectivity index (χ4n) is 2.25. The second-order valence-electron chi connectivity index (χ2n) is 4.90. The lowest BCUT2D eigenvalue weighted by molar-refractivity contribution is 0.134. The molecular weight excluding hydrogens is 232 g/mol. The van der Waals surface area contributed by atoms with Gasteiger partial charge in [0.25, 0.3) is 0 Å². The van der Waals surface area contributed by atoms with E-state index in [2.05, 4.69) is 12.1 Å².